The number of nitro benzene ring substituents is 1. The molecule has 2 aromatic carbocycles. The molecule has 7 heteroatoms. The van der Waals surface area contributed by atoms with Crippen molar-refractivity contribution in [3.63, 3.8) is 0 Å². The number of hydrogen-bond donors (Lipinski definition) is 0. The van der Waals surface area contributed by atoms with Gasteiger partial charge in [-0.15, -0.1) is 0 Å². The number of likely N-dealkylation sites (tertiary alicyclic amines) is 1. The van der Waals surface area contributed by atoms with Crippen LogP contribution in [-0.4, -0.2) is 60.5 Å². The van der Waals surface area contributed by atoms with Crippen LogP contribution in [0.15, 0.2) is 48.5 Å². The van der Waals surface area contributed by atoms with E-state index in [1.165, 1.54) is 11.1 Å². The van der Waals surface area contributed by atoms with Crippen molar-refractivity contribution in [2.75, 3.05) is 39.9 Å². The molecule has 2 aromatic rings. The normalized spacial score (nSPS) is 18.8. The number of non-ortho nitro benzene ring substituents is 1. The molecular weight excluding hydrogens is 394 g/mol. The Balaban J connectivity index is 1.78. The number of methoxy groups -OCH3 is 1. The van der Waals surface area contributed by atoms with Gasteiger partial charge in [-0.1, -0.05) is 36.4 Å². The van der Waals surface area contributed by atoms with Gasteiger partial charge in [-0.2, -0.15) is 0 Å². The van der Waals surface area contributed by atoms with Gasteiger partial charge >= 0.3 is 0 Å². The molecule has 0 bridgehead atoms. The van der Waals surface area contributed by atoms with Crippen molar-refractivity contribution in [2.24, 2.45) is 5.92 Å². The highest BCUT2D eigenvalue weighted by Gasteiger charge is 2.36. The first-order valence-electron chi connectivity index (χ1n) is 10.6. The van der Waals surface area contributed by atoms with Crippen LogP contribution in [0.5, 0.6) is 0 Å². The van der Waals surface area contributed by atoms with E-state index in [1.807, 2.05) is 17.0 Å². The molecule has 0 unspecified atom stereocenters. The monoisotopic (exact) mass is 425 g/mol. The van der Waals surface area contributed by atoms with Gasteiger partial charge in [0.05, 0.1) is 11.5 Å². The summed E-state index contributed by atoms with van der Waals surface area (Å²) in [4.78, 5) is 27.0. The van der Waals surface area contributed by atoms with Gasteiger partial charge in [0, 0.05) is 64.8 Å². The maximum absolute atomic E-state index is 12.2. The van der Waals surface area contributed by atoms with Crippen molar-refractivity contribution >= 4 is 11.6 Å². The number of hydrogen-bond acceptors (Lipinski definition) is 5. The minimum atomic E-state index is -0.375. The zero-order valence-corrected chi connectivity index (χ0v) is 18.5. The molecule has 1 heterocycles. The Morgan fingerprint density at radius 3 is 2.52 bits per heavy atom. The predicted octanol–water partition coefficient (Wildman–Crippen LogP) is 3.61. The molecule has 166 valence electrons. The highest BCUT2D eigenvalue weighted by molar-refractivity contribution is 5.73. The van der Waals surface area contributed by atoms with Crippen LogP contribution in [0.2, 0.25) is 0 Å². The molecule has 31 heavy (non-hydrogen) atoms. The molecule has 7 nitrogen and oxygen atoms in total. The standard InChI is InChI=1S/C24H31N3O4/c1-18-6-4-5-7-23(18)24-17-25(14-20-8-10-22(11-9-20)27(29)30)15-21(24)16-26(19(2)28)12-13-31-3/h4-11,21,24H,12-17H2,1-3H3/t21-,24+/m0/s1. The predicted molar refractivity (Wildman–Crippen MR) is 120 cm³/mol. The molecule has 1 fully saturated rings. The highest BCUT2D eigenvalue weighted by atomic mass is 16.6. The van der Waals surface area contributed by atoms with Crippen LogP contribution in [-0.2, 0) is 16.1 Å². The average Bonchev–Trinajstić information content (AvgIpc) is 3.13. The van der Waals surface area contributed by atoms with Gasteiger partial charge in [-0.25, -0.2) is 0 Å². The van der Waals surface area contributed by atoms with E-state index in [9.17, 15) is 14.9 Å². The zero-order valence-electron chi connectivity index (χ0n) is 18.5. The fourth-order valence-electron chi connectivity index (χ4n) is 4.47. The lowest BCUT2D eigenvalue weighted by atomic mass is 9.86. The molecule has 0 aromatic heterocycles. The number of aryl methyl sites for hydroxylation is 1. The van der Waals surface area contributed by atoms with E-state index in [4.69, 9.17) is 4.74 Å². The van der Waals surface area contributed by atoms with Gasteiger partial charge in [0.1, 0.15) is 0 Å². The summed E-state index contributed by atoms with van der Waals surface area (Å²) in [5.74, 6) is 0.693. The van der Waals surface area contributed by atoms with Gasteiger partial charge < -0.3 is 9.64 Å². The molecule has 2 atom stereocenters. The summed E-state index contributed by atoms with van der Waals surface area (Å²) in [7, 11) is 1.65. The summed E-state index contributed by atoms with van der Waals surface area (Å²) in [6.07, 6.45) is 0. The van der Waals surface area contributed by atoms with Crippen molar-refractivity contribution in [2.45, 2.75) is 26.3 Å². The first kappa shape index (κ1) is 22.9. The number of amides is 1. The van der Waals surface area contributed by atoms with Gasteiger partial charge in [0.25, 0.3) is 5.69 Å². The van der Waals surface area contributed by atoms with Crippen LogP contribution in [0, 0.1) is 23.0 Å². The second kappa shape index (κ2) is 10.5. The molecule has 0 radical (unpaired) electrons. The third kappa shape index (κ3) is 5.89. The second-order valence-electron chi connectivity index (χ2n) is 8.30. The van der Waals surface area contributed by atoms with Gasteiger partial charge in [0.2, 0.25) is 5.91 Å². The van der Waals surface area contributed by atoms with Crippen LogP contribution >= 0.6 is 0 Å². The number of ether oxygens (including phenoxy) is 1. The minimum Gasteiger partial charge on any atom is -0.383 e. The number of rotatable bonds is 9. The Bertz CT molecular complexity index is 900. The Labute approximate surface area is 183 Å². The summed E-state index contributed by atoms with van der Waals surface area (Å²) in [6, 6.07) is 15.2. The van der Waals surface area contributed by atoms with E-state index in [-0.39, 0.29) is 16.5 Å². The van der Waals surface area contributed by atoms with Gasteiger partial charge in [-0.3, -0.25) is 19.8 Å². The van der Waals surface area contributed by atoms with Crippen molar-refractivity contribution < 1.29 is 14.5 Å². The van der Waals surface area contributed by atoms with Crippen LogP contribution in [0.4, 0.5) is 5.69 Å². The quantitative estimate of drug-likeness (QED) is 0.453. The van der Waals surface area contributed by atoms with Crippen molar-refractivity contribution in [1.82, 2.24) is 9.80 Å². The molecule has 0 N–H and O–H groups in total. The fraction of sp³-hybridized carbons (Fsp3) is 0.458. The van der Waals surface area contributed by atoms with Crippen LogP contribution in [0.1, 0.15) is 29.5 Å². The summed E-state index contributed by atoms with van der Waals surface area (Å²) in [5, 5.41) is 10.9. The Morgan fingerprint density at radius 1 is 1.19 bits per heavy atom. The van der Waals surface area contributed by atoms with Crippen LogP contribution in [0.3, 0.4) is 0 Å². The third-order valence-electron chi connectivity index (χ3n) is 6.12. The SMILES string of the molecule is COCCN(C[C@@H]1CN(Cc2ccc([N+](=O)[O-])cc2)C[C@H]1c1ccccc1C)C(C)=O. The molecule has 0 aliphatic carbocycles. The van der Waals surface area contributed by atoms with E-state index in [0.717, 1.165) is 25.2 Å². The summed E-state index contributed by atoms with van der Waals surface area (Å²) in [5.41, 5.74) is 3.75. The third-order valence-corrected chi connectivity index (χ3v) is 6.12. The van der Waals surface area contributed by atoms with Crippen molar-refractivity contribution in [3.8, 4) is 0 Å². The minimum absolute atomic E-state index is 0.0643. The average molecular weight is 426 g/mol. The van der Waals surface area contributed by atoms with Crippen LogP contribution in [0.25, 0.3) is 0 Å². The summed E-state index contributed by atoms with van der Waals surface area (Å²) >= 11 is 0. The lowest BCUT2D eigenvalue weighted by Crippen LogP contribution is -2.38. The summed E-state index contributed by atoms with van der Waals surface area (Å²) in [6.45, 7) is 8.04. The summed E-state index contributed by atoms with van der Waals surface area (Å²) < 4.78 is 5.19. The topological polar surface area (TPSA) is 75.9 Å². The number of carbonyl (C=O) groups is 1. The van der Waals surface area contributed by atoms with E-state index >= 15 is 0 Å². The number of benzene rings is 2. The second-order valence-corrected chi connectivity index (χ2v) is 8.30. The van der Waals surface area contributed by atoms with E-state index in [1.54, 1.807) is 26.2 Å². The molecular formula is C24H31N3O4. The van der Waals surface area contributed by atoms with Crippen LogP contribution < -0.4 is 0 Å². The lowest BCUT2D eigenvalue weighted by molar-refractivity contribution is -0.384. The zero-order chi connectivity index (χ0) is 22.4. The Hall–Kier alpha value is -2.77. The molecule has 0 spiro atoms. The number of nitrogens with zero attached hydrogens (tertiary/aromatic N) is 3. The van der Waals surface area contributed by atoms with Crippen molar-refractivity contribution in [3.05, 3.63) is 75.3 Å². The largest absolute Gasteiger partial charge is 0.383 e. The van der Waals surface area contributed by atoms with E-state index < -0.39 is 0 Å². The maximum Gasteiger partial charge on any atom is 0.269 e. The molecule has 1 aliphatic rings. The number of carbonyl (C=O) groups excluding carboxylic acids is 1. The van der Waals surface area contributed by atoms with E-state index in [2.05, 4.69) is 36.1 Å². The van der Waals surface area contributed by atoms with Gasteiger partial charge in [-0.05, 0) is 29.5 Å². The van der Waals surface area contributed by atoms with E-state index in [0.29, 0.717) is 31.5 Å². The van der Waals surface area contributed by atoms with Gasteiger partial charge in [0.15, 0.2) is 0 Å². The Morgan fingerprint density at radius 2 is 1.90 bits per heavy atom. The Kier molecular flexibility index (Phi) is 7.76. The fourth-order valence-corrected chi connectivity index (χ4v) is 4.47. The smallest absolute Gasteiger partial charge is 0.269 e. The highest BCUT2D eigenvalue weighted by Crippen LogP contribution is 2.35. The molecule has 0 saturated carbocycles. The number of nitro groups is 1. The first-order valence-corrected chi connectivity index (χ1v) is 10.6. The molecule has 1 amide bonds. The maximum atomic E-state index is 12.2. The van der Waals surface area contributed by atoms with Crippen molar-refractivity contribution in [1.29, 1.82) is 0 Å². The molecule has 1 aliphatic heterocycles. The molecule has 3 rings (SSSR count). The lowest BCUT2D eigenvalue weighted by Gasteiger charge is -2.28. The molecule has 1 saturated heterocycles. The first-order chi connectivity index (χ1) is 14.9.